The number of anilines is 2. The monoisotopic (exact) mass is 442 g/mol. The second-order valence-corrected chi connectivity index (χ2v) is 8.44. The summed E-state index contributed by atoms with van der Waals surface area (Å²) in [6.45, 7) is 5.49. The van der Waals surface area contributed by atoms with Crippen LogP contribution in [0.4, 0.5) is 11.5 Å². The fourth-order valence-electron chi connectivity index (χ4n) is 3.56. The van der Waals surface area contributed by atoms with Gasteiger partial charge in [-0.15, -0.1) is 0 Å². The number of hydrogen-bond donors (Lipinski definition) is 2. The van der Waals surface area contributed by atoms with Gasteiger partial charge in [-0.05, 0) is 55.9 Å². The van der Waals surface area contributed by atoms with E-state index in [0.717, 1.165) is 37.9 Å². The molecule has 1 saturated carbocycles. The van der Waals surface area contributed by atoms with Crippen LogP contribution in [0.3, 0.4) is 0 Å². The maximum absolute atomic E-state index is 13.4. The van der Waals surface area contributed by atoms with Crippen LogP contribution in [0, 0.1) is 5.92 Å². The number of aromatic nitrogens is 2. The molecule has 1 amide bonds. The predicted molar refractivity (Wildman–Crippen MR) is 127 cm³/mol. The summed E-state index contributed by atoms with van der Waals surface area (Å²) in [5, 5.41) is 0. The molecule has 0 aliphatic heterocycles. The number of unbranched alkanes of at least 4 members (excludes halogenated alkanes) is 3. The van der Waals surface area contributed by atoms with Crippen molar-refractivity contribution in [1.29, 1.82) is 0 Å². The molecule has 0 radical (unpaired) electrons. The Kier molecular flexibility index (Phi) is 8.14. The summed E-state index contributed by atoms with van der Waals surface area (Å²) in [5.41, 5.74) is 5.55. The maximum Gasteiger partial charge on any atom is 0.330 e. The molecule has 1 aromatic carbocycles. The number of nitrogens with zero attached hydrogens (tertiary/aromatic N) is 2. The number of benzene rings is 1. The summed E-state index contributed by atoms with van der Waals surface area (Å²) in [7, 11) is 0. The van der Waals surface area contributed by atoms with Gasteiger partial charge in [0.1, 0.15) is 11.6 Å². The summed E-state index contributed by atoms with van der Waals surface area (Å²) in [4.78, 5) is 42.2. The molecule has 0 spiro atoms. The lowest BCUT2D eigenvalue weighted by atomic mass is 10.1. The molecule has 1 aliphatic carbocycles. The SMILES string of the molecule is CCCCCN(C(=O)c1ccc(OCC2CC2)cc1)c1c(N)n(CCCC)c(=O)[nH]c1=O. The Morgan fingerprint density at radius 2 is 1.81 bits per heavy atom. The van der Waals surface area contributed by atoms with Crippen molar-refractivity contribution >= 4 is 17.4 Å². The van der Waals surface area contributed by atoms with Crippen LogP contribution in [0.5, 0.6) is 5.75 Å². The number of rotatable bonds is 12. The molecule has 174 valence electrons. The number of carbonyl (C=O) groups excluding carboxylic acids is 1. The summed E-state index contributed by atoms with van der Waals surface area (Å²) in [6, 6.07) is 6.95. The smallest absolute Gasteiger partial charge is 0.330 e. The van der Waals surface area contributed by atoms with Crippen LogP contribution >= 0.6 is 0 Å². The van der Waals surface area contributed by atoms with E-state index in [4.69, 9.17) is 10.5 Å². The Labute approximate surface area is 188 Å². The van der Waals surface area contributed by atoms with E-state index in [0.29, 0.717) is 31.2 Å². The molecule has 0 unspecified atom stereocenters. The fraction of sp³-hybridized carbons (Fsp3) is 0.542. The van der Waals surface area contributed by atoms with Crippen LogP contribution in [-0.2, 0) is 6.54 Å². The number of nitrogens with one attached hydrogen (secondary N) is 1. The van der Waals surface area contributed by atoms with E-state index in [2.05, 4.69) is 11.9 Å². The molecule has 0 saturated heterocycles. The molecule has 2 aromatic rings. The molecule has 3 N–H and O–H groups in total. The highest BCUT2D eigenvalue weighted by molar-refractivity contribution is 6.07. The summed E-state index contributed by atoms with van der Waals surface area (Å²) >= 11 is 0. The van der Waals surface area contributed by atoms with E-state index >= 15 is 0 Å². The molecule has 0 bridgehead atoms. The first-order valence-corrected chi connectivity index (χ1v) is 11.6. The third-order valence-corrected chi connectivity index (χ3v) is 5.73. The average Bonchev–Trinajstić information content (AvgIpc) is 3.61. The summed E-state index contributed by atoms with van der Waals surface area (Å²) in [6.07, 6.45) is 6.62. The minimum absolute atomic E-state index is 0.0291. The van der Waals surface area contributed by atoms with E-state index in [9.17, 15) is 14.4 Å². The topological polar surface area (TPSA) is 110 Å². The van der Waals surface area contributed by atoms with E-state index < -0.39 is 11.2 Å². The highest BCUT2D eigenvalue weighted by Crippen LogP contribution is 2.29. The van der Waals surface area contributed by atoms with Crippen LogP contribution < -0.4 is 26.6 Å². The van der Waals surface area contributed by atoms with Crippen molar-refractivity contribution < 1.29 is 9.53 Å². The van der Waals surface area contributed by atoms with E-state index in [-0.39, 0.29) is 17.4 Å². The minimum Gasteiger partial charge on any atom is -0.493 e. The van der Waals surface area contributed by atoms with Crippen molar-refractivity contribution in [3.8, 4) is 5.75 Å². The van der Waals surface area contributed by atoms with Gasteiger partial charge < -0.3 is 15.4 Å². The Hall–Kier alpha value is -3.03. The molecule has 32 heavy (non-hydrogen) atoms. The van der Waals surface area contributed by atoms with E-state index in [1.54, 1.807) is 24.3 Å². The Morgan fingerprint density at radius 1 is 1.12 bits per heavy atom. The highest BCUT2D eigenvalue weighted by atomic mass is 16.5. The number of ether oxygens (including phenoxy) is 1. The first-order chi connectivity index (χ1) is 15.5. The Morgan fingerprint density at radius 3 is 2.44 bits per heavy atom. The van der Waals surface area contributed by atoms with Gasteiger partial charge in [-0.2, -0.15) is 0 Å². The Balaban J connectivity index is 1.91. The maximum atomic E-state index is 13.4. The predicted octanol–water partition coefficient (Wildman–Crippen LogP) is 3.54. The molecule has 8 nitrogen and oxygen atoms in total. The van der Waals surface area contributed by atoms with Gasteiger partial charge >= 0.3 is 5.69 Å². The molecular formula is C24H34N4O4. The standard InChI is InChI=1S/C24H34N4O4/c1-3-5-7-15-27(20-21(25)28(14-6-4-2)24(31)26-22(20)29)23(30)18-10-12-19(13-11-18)32-16-17-8-9-17/h10-13,17H,3-9,14-16,25H2,1-2H3,(H,26,29,31). The van der Waals surface area contributed by atoms with Gasteiger partial charge in [0.25, 0.3) is 11.5 Å². The Bertz CT molecular complexity index is 1020. The van der Waals surface area contributed by atoms with Crippen molar-refractivity contribution in [2.75, 3.05) is 23.8 Å². The van der Waals surface area contributed by atoms with Crippen LogP contribution in [0.25, 0.3) is 0 Å². The summed E-state index contributed by atoms with van der Waals surface area (Å²) < 4.78 is 7.10. The normalized spacial score (nSPS) is 13.2. The molecule has 1 aromatic heterocycles. The van der Waals surface area contributed by atoms with Crippen LogP contribution in [0.2, 0.25) is 0 Å². The molecule has 1 aliphatic rings. The third-order valence-electron chi connectivity index (χ3n) is 5.73. The molecular weight excluding hydrogens is 408 g/mol. The van der Waals surface area contributed by atoms with Gasteiger partial charge in [0.15, 0.2) is 5.69 Å². The number of H-pyrrole nitrogens is 1. The molecule has 0 atom stereocenters. The summed E-state index contributed by atoms with van der Waals surface area (Å²) in [5.74, 6) is 1.06. The van der Waals surface area contributed by atoms with Gasteiger partial charge in [-0.1, -0.05) is 33.1 Å². The molecule has 8 heteroatoms. The van der Waals surface area contributed by atoms with Crippen molar-refractivity contribution in [2.45, 2.75) is 65.3 Å². The molecule has 3 rings (SSSR count). The molecule has 1 heterocycles. The first kappa shape index (κ1) is 23.6. The quantitative estimate of drug-likeness (QED) is 0.489. The number of hydrogen-bond acceptors (Lipinski definition) is 5. The van der Waals surface area contributed by atoms with Crippen molar-refractivity contribution in [3.63, 3.8) is 0 Å². The van der Waals surface area contributed by atoms with Crippen LogP contribution in [-0.4, -0.2) is 28.6 Å². The fourth-order valence-corrected chi connectivity index (χ4v) is 3.56. The van der Waals surface area contributed by atoms with Gasteiger partial charge in [-0.3, -0.25) is 19.1 Å². The van der Waals surface area contributed by atoms with Gasteiger partial charge in [0, 0.05) is 18.7 Å². The van der Waals surface area contributed by atoms with Crippen LogP contribution in [0.15, 0.2) is 33.9 Å². The highest BCUT2D eigenvalue weighted by Gasteiger charge is 2.25. The number of carbonyl (C=O) groups is 1. The zero-order chi connectivity index (χ0) is 23.1. The van der Waals surface area contributed by atoms with Crippen LogP contribution in [0.1, 0.15) is 69.2 Å². The second kappa shape index (κ2) is 11.0. The largest absolute Gasteiger partial charge is 0.493 e. The van der Waals surface area contributed by atoms with Gasteiger partial charge in [0.2, 0.25) is 0 Å². The number of nitrogens with two attached hydrogens (primary N) is 1. The van der Waals surface area contributed by atoms with Crippen molar-refractivity contribution in [1.82, 2.24) is 9.55 Å². The molecule has 1 fully saturated rings. The van der Waals surface area contributed by atoms with Gasteiger partial charge in [0.05, 0.1) is 6.61 Å². The number of nitrogen functional groups attached to an aromatic ring is 1. The minimum atomic E-state index is -0.644. The lowest BCUT2D eigenvalue weighted by molar-refractivity contribution is 0.0986. The lowest BCUT2D eigenvalue weighted by Crippen LogP contribution is -2.41. The number of amides is 1. The zero-order valence-corrected chi connectivity index (χ0v) is 19.1. The third kappa shape index (κ3) is 5.81. The average molecular weight is 443 g/mol. The number of aromatic amines is 1. The lowest BCUT2D eigenvalue weighted by Gasteiger charge is -2.24. The van der Waals surface area contributed by atoms with E-state index in [1.807, 2.05) is 6.92 Å². The van der Waals surface area contributed by atoms with Crippen molar-refractivity contribution in [3.05, 3.63) is 50.7 Å². The first-order valence-electron chi connectivity index (χ1n) is 11.6. The van der Waals surface area contributed by atoms with E-state index in [1.165, 1.54) is 22.3 Å². The van der Waals surface area contributed by atoms with Gasteiger partial charge in [-0.25, -0.2) is 4.79 Å². The van der Waals surface area contributed by atoms with Crippen molar-refractivity contribution in [2.24, 2.45) is 5.92 Å². The second-order valence-electron chi connectivity index (χ2n) is 8.44. The zero-order valence-electron chi connectivity index (χ0n) is 19.1.